The van der Waals surface area contributed by atoms with E-state index < -0.39 is 0 Å². The van der Waals surface area contributed by atoms with Gasteiger partial charge in [0.25, 0.3) is 0 Å². The van der Waals surface area contributed by atoms with Crippen molar-refractivity contribution in [2.24, 2.45) is 5.92 Å². The van der Waals surface area contributed by atoms with Crippen molar-refractivity contribution in [3.05, 3.63) is 35.9 Å². The van der Waals surface area contributed by atoms with Crippen LogP contribution in [0.2, 0.25) is 0 Å². The lowest BCUT2D eigenvalue weighted by atomic mass is 9.83. The number of piperidine rings is 2. The van der Waals surface area contributed by atoms with E-state index in [2.05, 4.69) is 34.5 Å². The normalized spacial score (nSPS) is 22.6. The van der Waals surface area contributed by atoms with E-state index in [1.165, 1.54) is 5.56 Å². The highest BCUT2D eigenvalue weighted by Crippen LogP contribution is 2.31. The molecule has 5 nitrogen and oxygen atoms in total. The summed E-state index contributed by atoms with van der Waals surface area (Å²) in [6.07, 6.45) is 3.08. The van der Waals surface area contributed by atoms with Gasteiger partial charge in [-0.2, -0.15) is 11.8 Å². The molecule has 0 unspecified atom stereocenters. The second-order valence-electron chi connectivity index (χ2n) is 7.47. The molecule has 2 aliphatic rings. The minimum absolute atomic E-state index is 0.271. The average Bonchev–Trinajstić information content (AvgIpc) is 2.71. The van der Waals surface area contributed by atoms with Crippen LogP contribution in [0.1, 0.15) is 31.2 Å². The molecule has 1 N–H and O–H groups in total. The Balaban J connectivity index is 1.43. The number of thioether (sulfide) groups is 1. The maximum Gasteiger partial charge on any atom is 0.223 e. The third-order valence-electron chi connectivity index (χ3n) is 5.67. The van der Waals surface area contributed by atoms with E-state index in [-0.39, 0.29) is 11.8 Å². The molecule has 0 aromatic heterocycles. The fourth-order valence-electron chi connectivity index (χ4n) is 4.18. The molecular formula is C21H31N3O2S. The van der Waals surface area contributed by atoms with Gasteiger partial charge in [-0.1, -0.05) is 30.3 Å². The molecule has 0 saturated carbocycles. The number of nitrogens with one attached hydrogen (secondary N) is 1. The number of benzene rings is 1. The Bertz CT molecular complexity index is 625. The highest BCUT2D eigenvalue weighted by atomic mass is 32.2. The summed E-state index contributed by atoms with van der Waals surface area (Å²) >= 11 is 1.82. The summed E-state index contributed by atoms with van der Waals surface area (Å²) in [6, 6.07) is 10.7. The van der Waals surface area contributed by atoms with Crippen molar-refractivity contribution in [1.29, 1.82) is 0 Å². The molecular weight excluding hydrogens is 358 g/mol. The molecule has 2 saturated heterocycles. The van der Waals surface area contributed by atoms with Gasteiger partial charge in [-0.3, -0.25) is 9.59 Å². The second kappa shape index (κ2) is 10.1. The van der Waals surface area contributed by atoms with Gasteiger partial charge >= 0.3 is 0 Å². The maximum atomic E-state index is 12.6. The van der Waals surface area contributed by atoms with Gasteiger partial charge in [-0.15, -0.1) is 0 Å². The summed E-state index contributed by atoms with van der Waals surface area (Å²) in [5.74, 6) is 2.82. The second-order valence-corrected chi connectivity index (χ2v) is 8.58. The zero-order chi connectivity index (χ0) is 19.1. The summed E-state index contributed by atoms with van der Waals surface area (Å²) in [7, 11) is 1.92. The molecule has 2 atom stereocenters. The maximum absolute atomic E-state index is 12.6. The van der Waals surface area contributed by atoms with Crippen molar-refractivity contribution in [2.45, 2.75) is 37.5 Å². The van der Waals surface area contributed by atoms with Crippen molar-refractivity contribution < 1.29 is 9.59 Å². The first-order valence-corrected chi connectivity index (χ1v) is 11.2. The lowest BCUT2D eigenvalue weighted by molar-refractivity contribution is -0.144. The number of carbonyl (C=O) groups excluding carboxylic acids is 2. The lowest BCUT2D eigenvalue weighted by Crippen LogP contribution is -2.57. The average molecular weight is 390 g/mol. The van der Waals surface area contributed by atoms with Crippen molar-refractivity contribution in [1.82, 2.24) is 15.1 Å². The Hall–Kier alpha value is -1.53. The molecule has 0 aliphatic carbocycles. The van der Waals surface area contributed by atoms with E-state index in [4.69, 9.17) is 0 Å². The van der Waals surface area contributed by atoms with Crippen molar-refractivity contribution in [3.8, 4) is 0 Å². The topological polar surface area (TPSA) is 52.7 Å². The van der Waals surface area contributed by atoms with Crippen LogP contribution in [0.4, 0.5) is 0 Å². The fourth-order valence-corrected chi connectivity index (χ4v) is 5.07. The van der Waals surface area contributed by atoms with Crippen LogP contribution in [0.5, 0.6) is 0 Å². The summed E-state index contributed by atoms with van der Waals surface area (Å²) in [6.45, 7) is 3.21. The minimum Gasteiger partial charge on any atom is -0.342 e. The number of likely N-dealkylation sites (N-methyl/N-ethyl adjacent to an activating group) is 1. The smallest absolute Gasteiger partial charge is 0.223 e. The van der Waals surface area contributed by atoms with E-state index in [1.807, 2.05) is 29.8 Å². The van der Waals surface area contributed by atoms with Gasteiger partial charge in [0, 0.05) is 56.6 Å². The highest BCUT2D eigenvalue weighted by molar-refractivity contribution is 7.98. The number of amides is 2. The molecule has 148 valence electrons. The van der Waals surface area contributed by atoms with Gasteiger partial charge in [-0.25, -0.2) is 0 Å². The Morgan fingerprint density at radius 2 is 2.07 bits per heavy atom. The largest absolute Gasteiger partial charge is 0.342 e. The Kier molecular flexibility index (Phi) is 7.59. The molecule has 1 aromatic carbocycles. The molecule has 6 heteroatoms. The standard InChI is InChI=1S/C21H31N3O2S/c1-22-11-13-24-19-9-12-23(15-18(19)7-8-21(24)26)20(25)10-14-27-16-17-5-3-2-4-6-17/h2-6,18-19,22H,7-16H2,1H3/t18-,19+/m0/s1. The summed E-state index contributed by atoms with van der Waals surface area (Å²) in [4.78, 5) is 29.0. The quantitative estimate of drug-likeness (QED) is 0.694. The molecule has 0 radical (unpaired) electrons. The van der Waals surface area contributed by atoms with E-state index in [9.17, 15) is 9.59 Å². The first kappa shape index (κ1) is 20.2. The van der Waals surface area contributed by atoms with Crippen molar-refractivity contribution in [3.63, 3.8) is 0 Å². The van der Waals surface area contributed by atoms with Crippen LogP contribution >= 0.6 is 11.8 Å². The number of nitrogens with zero attached hydrogens (tertiary/aromatic N) is 2. The molecule has 0 spiro atoms. The summed E-state index contributed by atoms with van der Waals surface area (Å²) in [5, 5.41) is 3.14. The van der Waals surface area contributed by atoms with Crippen LogP contribution in [0.3, 0.4) is 0 Å². The summed E-state index contributed by atoms with van der Waals surface area (Å²) in [5.41, 5.74) is 1.31. The van der Waals surface area contributed by atoms with Gasteiger partial charge in [0.2, 0.25) is 11.8 Å². The molecule has 2 amide bonds. The number of fused-ring (bicyclic) bond motifs is 1. The van der Waals surface area contributed by atoms with E-state index >= 15 is 0 Å². The highest BCUT2D eigenvalue weighted by Gasteiger charge is 2.39. The van der Waals surface area contributed by atoms with E-state index in [1.54, 1.807) is 0 Å². The van der Waals surface area contributed by atoms with Crippen LogP contribution in [-0.4, -0.2) is 66.6 Å². The van der Waals surface area contributed by atoms with Crippen LogP contribution in [0.25, 0.3) is 0 Å². The van der Waals surface area contributed by atoms with Crippen molar-refractivity contribution >= 4 is 23.6 Å². The number of likely N-dealkylation sites (tertiary alicyclic amines) is 2. The van der Waals surface area contributed by atoms with E-state index in [0.717, 1.165) is 50.5 Å². The van der Waals surface area contributed by atoms with Gasteiger partial charge in [-0.05, 0) is 31.4 Å². The van der Waals surface area contributed by atoms with Gasteiger partial charge in [0.05, 0.1) is 0 Å². The molecule has 2 heterocycles. The lowest BCUT2D eigenvalue weighted by Gasteiger charge is -2.47. The van der Waals surface area contributed by atoms with Crippen LogP contribution in [0.15, 0.2) is 30.3 Å². The molecule has 3 rings (SSSR count). The monoisotopic (exact) mass is 389 g/mol. The fraction of sp³-hybridized carbons (Fsp3) is 0.619. The zero-order valence-corrected chi connectivity index (χ0v) is 17.0. The summed E-state index contributed by atoms with van der Waals surface area (Å²) < 4.78 is 0. The van der Waals surface area contributed by atoms with Crippen LogP contribution in [0, 0.1) is 5.92 Å². The van der Waals surface area contributed by atoms with Crippen LogP contribution < -0.4 is 5.32 Å². The molecule has 27 heavy (non-hydrogen) atoms. The molecule has 2 fully saturated rings. The Morgan fingerprint density at radius 1 is 1.26 bits per heavy atom. The Labute approximate surface area is 166 Å². The third-order valence-corrected chi connectivity index (χ3v) is 6.70. The Morgan fingerprint density at radius 3 is 2.85 bits per heavy atom. The predicted octanol–water partition coefficient (Wildman–Crippen LogP) is 2.37. The predicted molar refractivity (Wildman–Crippen MR) is 111 cm³/mol. The zero-order valence-electron chi connectivity index (χ0n) is 16.2. The van der Waals surface area contributed by atoms with Crippen molar-refractivity contribution in [2.75, 3.05) is 39.0 Å². The number of carbonyl (C=O) groups is 2. The molecule has 2 aliphatic heterocycles. The first-order valence-electron chi connectivity index (χ1n) is 10.0. The molecule has 1 aromatic rings. The van der Waals surface area contributed by atoms with Gasteiger partial charge < -0.3 is 15.1 Å². The van der Waals surface area contributed by atoms with Gasteiger partial charge in [0.15, 0.2) is 0 Å². The first-order chi connectivity index (χ1) is 13.2. The van der Waals surface area contributed by atoms with Crippen LogP contribution in [-0.2, 0) is 15.3 Å². The number of rotatable bonds is 8. The SMILES string of the molecule is CNCCN1C(=O)CC[C@H]2CN(C(=O)CCSCc3ccccc3)CC[C@H]21. The number of hydrogen-bond acceptors (Lipinski definition) is 4. The van der Waals surface area contributed by atoms with Gasteiger partial charge in [0.1, 0.15) is 0 Å². The minimum atomic E-state index is 0.271. The molecule has 0 bridgehead atoms. The van der Waals surface area contributed by atoms with E-state index in [0.29, 0.717) is 24.8 Å². The number of hydrogen-bond donors (Lipinski definition) is 1. The third kappa shape index (κ3) is 5.48.